The van der Waals surface area contributed by atoms with Crippen molar-refractivity contribution in [2.45, 2.75) is 12.5 Å². The van der Waals surface area contributed by atoms with Gasteiger partial charge in [-0.05, 0) is 24.2 Å². The molecule has 0 amide bonds. The first-order valence-electron chi connectivity index (χ1n) is 4.89. The van der Waals surface area contributed by atoms with Gasteiger partial charge in [-0.15, -0.1) is 11.3 Å². The number of H-pyrrole nitrogens is 1. The van der Waals surface area contributed by atoms with E-state index in [2.05, 4.69) is 21.8 Å². The van der Waals surface area contributed by atoms with Crippen LogP contribution in [-0.2, 0) is 4.74 Å². The third kappa shape index (κ3) is 2.75. The summed E-state index contributed by atoms with van der Waals surface area (Å²) in [6, 6.07) is 0.414. The molecule has 0 saturated heterocycles. The van der Waals surface area contributed by atoms with Gasteiger partial charge in [-0.1, -0.05) is 6.08 Å². The maximum absolute atomic E-state index is 5.15. The summed E-state index contributed by atoms with van der Waals surface area (Å²) in [7, 11) is 1.73. The number of hydrogen-bond acceptors (Lipinski definition) is 4. The standard InChI is InChI=1S/C10H14N2OS2/c1-13-5-8-4-7(2-3-11-8)9-6-15-10(14)12-9/h2,6,8,11H,3-5H2,1H3,(H,12,14)/t8-/m0/s1. The molecule has 0 bridgehead atoms. The normalized spacial score (nSPS) is 21.4. The first-order valence-corrected chi connectivity index (χ1v) is 6.18. The number of rotatable bonds is 3. The summed E-state index contributed by atoms with van der Waals surface area (Å²) >= 11 is 6.66. The number of methoxy groups -OCH3 is 1. The highest BCUT2D eigenvalue weighted by Gasteiger charge is 2.16. The SMILES string of the molecule is COC[C@@H]1CC(c2csc(=S)[nH]2)=CCN1. The molecule has 2 rings (SSSR count). The van der Waals surface area contributed by atoms with Crippen molar-refractivity contribution < 1.29 is 4.74 Å². The van der Waals surface area contributed by atoms with E-state index in [1.165, 1.54) is 5.57 Å². The van der Waals surface area contributed by atoms with Gasteiger partial charge in [-0.25, -0.2) is 0 Å². The number of thiazole rings is 1. The van der Waals surface area contributed by atoms with Gasteiger partial charge in [0.15, 0.2) is 3.95 Å². The molecule has 1 aliphatic heterocycles. The van der Waals surface area contributed by atoms with Crippen molar-refractivity contribution in [1.29, 1.82) is 0 Å². The molecule has 0 unspecified atom stereocenters. The van der Waals surface area contributed by atoms with Gasteiger partial charge in [0.05, 0.1) is 12.3 Å². The molecule has 1 aromatic rings. The van der Waals surface area contributed by atoms with E-state index in [0.29, 0.717) is 6.04 Å². The van der Waals surface area contributed by atoms with Crippen molar-refractivity contribution in [3.05, 3.63) is 21.1 Å². The minimum Gasteiger partial charge on any atom is -0.383 e. The lowest BCUT2D eigenvalue weighted by Crippen LogP contribution is -2.36. The van der Waals surface area contributed by atoms with Crippen molar-refractivity contribution in [1.82, 2.24) is 10.3 Å². The predicted molar refractivity (Wildman–Crippen MR) is 65.8 cm³/mol. The largest absolute Gasteiger partial charge is 0.383 e. The molecule has 0 fully saturated rings. The number of ether oxygens (including phenoxy) is 1. The van der Waals surface area contributed by atoms with Crippen molar-refractivity contribution in [3.63, 3.8) is 0 Å². The lowest BCUT2D eigenvalue weighted by molar-refractivity contribution is 0.168. The van der Waals surface area contributed by atoms with E-state index in [0.717, 1.165) is 29.2 Å². The molecule has 0 radical (unpaired) electrons. The number of aromatic amines is 1. The summed E-state index contributed by atoms with van der Waals surface area (Å²) < 4.78 is 5.99. The van der Waals surface area contributed by atoms with Crippen LogP contribution in [-0.4, -0.2) is 31.3 Å². The van der Waals surface area contributed by atoms with Gasteiger partial charge in [0.1, 0.15) is 0 Å². The van der Waals surface area contributed by atoms with Crippen LogP contribution >= 0.6 is 23.6 Å². The fourth-order valence-electron chi connectivity index (χ4n) is 1.75. The summed E-state index contributed by atoms with van der Waals surface area (Å²) in [6.07, 6.45) is 3.20. The lowest BCUT2D eigenvalue weighted by Gasteiger charge is -2.22. The van der Waals surface area contributed by atoms with E-state index in [4.69, 9.17) is 17.0 Å². The second-order valence-corrected chi connectivity index (χ2v) is 5.10. The Morgan fingerprint density at radius 1 is 1.67 bits per heavy atom. The molecule has 3 nitrogen and oxygen atoms in total. The Bertz CT molecular complexity index is 408. The van der Waals surface area contributed by atoms with E-state index in [1.54, 1.807) is 18.4 Å². The Kier molecular flexibility index (Phi) is 3.69. The van der Waals surface area contributed by atoms with Crippen LogP contribution in [0.3, 0.4) is 0 Å². The van der Waals surface area contributed by atoms with Gasteiger partial charge >= 0.3 is 0 Å². The summed E-state index contributed by atoms with van der Waals surface area (Å²) in [5.41, 5.74) is 2.50. The zero-order valence-corrected chi connectivity index (χ0v) is 10.2. The highest BCUT2D eigenvalue weighted by Crippen LogP contribution is 2.22. The summed E-state index contributed by atoms with van der Waals surface area (Å²) in [5.74, 6) is 0. The second-order valence-electron chi connectivity index (χ2n) is 3.56. The Balaban J connectivity index is 2.10. The van der Waals surface area contributed by atoms with Gasteiger partial charge < -0.3 is 15.0 Å². The Hall–Kier alpha value is -0.490. The molecule has 82 valence electrons. The quantitative estimate of drug-likeness (QED) is 0.798. The van der Waals surface area contributed by atoms with E-state index in [-0.39, 0.29) is 0 Å². The average molecular weight is 242 g/mol. The number of hydrogen-bond donors (Lipinski definition) is 2. The highest BCUT2D eigenvalue weighted by molar-refractivity contribution is 7.73. The van der Waals surface area contributed by atoms with Crippen LogP contribution in [0.1, 0.15) is 12.1 Å². The van der Waals surface area contributed by atoms with Crippen molar-refractivity contribution in [2.24, 2.45) is 0 Å². The van der Waals surface area contributed by atoms with Gasteiger partial charge in [0, 0.05) is 25.1 Å². The van der Waals surface area contributed by atoms with Crippen LogP contribution in [0, 0.1) is 3.95 Å². The molecule has 2 heterocycles. The third-order valence-electron chi connectivity index (χ3n) is 2.46. The van der Waals surface area contributed by atoms with E-state index >= 15 is 0 Å². The molecular formula is C10H14N2OS2. The summed E-state index contributed by atoms with van der Waals surface area (Å²) in [6.45, 7) is 1.65. The minimum atomic E-state index is 0.414. The van der Waals surface area contributed by atoms with E-state index in [9.17, 15) is 0 Å². The summed E-state index contributed by atoms with van der Waals surface area (Å²) in [5, 5.41) is 5.48. The van der Waals surface area contributed by atoms with Crippen LogP contribution in [0.2, 0.25) is 0 Å². The van der Waals surface area contributed by atoms with Crippen molar-refractivity contribution in [3.8, 4) is 0 Å². The van der Waals surface area contributed by atoms with Gasteiger partial charge in [0.25, 0.3) is 0 Å². The monoisotopic (exact) mass is 242 g/mol. The smallest absolute Gasteiger partial charge is 0.158 e. The molecule has 5 heteroatoms. The maximum atomic E-state index is 5.15. The van der Waals surface area contributed by atoms with Crippen LogP contribution in [0.4, 0.5) is 0 Å². The Morgan fingerprint density at radius 3 is 3.20 bits per heavy atom. The molecule has 0 saturated carbocycles. The first kappa shape index (κ1) is 11.0. The molecule has 0 aromatic carbocycles. The van der Waals surface area contributed by atoms with Gasteiger partial charge in [-0.3, -0.25) is 0 Å². The lowest BCUT2D eigenvalue weighted by atomic mass is 10.0. The topological polar surface area (TPSA) is 37.0 Å². The van der Waals surface area contributed by atoms with Crippen LogP contribution < -0.4 is 5.32 Å². The molecule has 15 heavy (non-hydrogen) atoms. The molecule has 0 aliphatic carbocycles. The number of nitrogens with one attached hydrogen (secondary N) is 2. The molecule has 1 atom stereocenters. The number of aromatic nitrogens is 1. The van der Waals surface area contributed by atoms with Crippen LogP contribution in [0.25, 0.3) is 5.57 Å². The zero-order chi connectivity index (χ0) is 10.7. The van der Waals surface area contributed by atoms with E-state index in [1.807, 2.05) is 0 Å². The minimum absolute atomic E-state index is 0.414. The third-order valence-corrected chi connectivity index (χ3v) is 3.52. The zero-order valence-electron chi connectivity index (χ0n) is 8.58. The Morgan fingerprint density at radius 2 is 2.53 bits per heavy atom. The molecule has 1 aromatic heterocycles. The highest BCUT2D eigenvalue weighted by atomic mass is 32.1. The van der Waals surface area contributed by atoms with Crippen LogP contribution in [0.5, 0.6) is 0 Å². The van der Waals surface area contributed by atoms with Crippen molar-refractivity contribution in [2.75, 3.05) is 20.3 Å². The molecular weight excluding hydrogens is 228 g/mol. The van der Waals surface area contributed by atoms with Crippen LogP contribution in [0.15, 0.2) is 11.5 Å². The molecule has 0 spiro atoms. The second kappa shape index (κ2) is 5.03. The predicted octanol–water partition coefficient (Wildman–Crippen LogP) is 2.20. The molecule has 1 aliphatic rings. The van der Waals surface area contributed by atoms with Crippen molar-refractivity contribution >= 4 is 29.1 Å². The van der Waals surface area contributed by atoms with Gasteiger partial charge in [-0.2, -0.15) is 0 Å². The van der Waals surface area contributed by atoms with Gasteiger partial charge in [0.2, 0.25) is 0 Å². The fourth-order valence-corrected chi connectivity index (χ4v) is 2.60. The Labute approximate surface area is 98.2 Å². The molecule has 2 N–H and O–H groups in total. The van der Waals surface area contributed by atoms with E-state index < -0.39 is 0 Å². The average Bonchev–Trinajstić information content (AvgIpc) is 2.66. The first-order chi connectivity index (χ1) is 7.29. The summed E-state index contributed by atoms with van der Waals surface area (Å²) in [4.78, 5) is 3.20. The maximum Gasteiger partial charge on any atom is 0.158 e. The fraction of sp³-hybridized carbons (Fsp3) is 0.500.